The summed E-state index contributed by atoms with van der Waals surface area (Å²) in [5.74, 6) is 0.404. The first-order valence-electron chi connectivity index (χ1n) is 8.68. The van der Waals surface area contributed by atoms with Crippen LogP contribution in [0.5, 0.6) is 0 Å². The predicted molar refractivity (Wildman–Crippen MR) is 99.7 cm³/mol. The molecule has 1 amide bonds. The van der Waals surface area contributed by atoms with E-state index in [1.165, 1.54) is 0 Å². The SMILES string of the molecule is CN(CCC(=O)NCc1ccccc1-n1ccnc1)C1CCS(=O)(=O)C1. The average Bonchev–Trinajstić information content (AvgIpc) is 3.27. The van der Waals surface area contributed by atoms with Crippen LogP contribution >= 0.6 is 0 Å². The number of para-hydroxylation sites is 1. The van der Waals surface area contributed by atoms with Crippen molar-refractivity contribution in [3.05, 3.63) is 48.5 Å². The Kier molecular flexibility index (Phi) is 5.73. The van der Waals surface area contributed by atoms with Crippen molar-refractivity contribution < 1.29 is 13.2 Å². The van der Waals surface area contributed by atoms with Crippen molar-refractivity contribution in [3.63, 3.8) is 0 Å². The third-order valence-electron chi connectivity index (χ3n) is 4.77. The summed E-state index contributed by atoms with van der Waals surface area (Å²) >= 11 is 0. The van der Waals surface area contributed by atoms with Gasteiger partial charge in [0.25, 0.3) is 0 Å². The van der Waals surface area contributed by atoms with Gasteiger partial charge in [-0.1, -0.05) is 18.2 Å². The smallest absolute Gasteiger partial charge is 0.221 e. The number of nitrogens with one attached hydrogen (secondary N) is 1. The first-order chi connectivity index (χ1) is 12.4. The van der Waals surface area contributed by atoms with Crippen molar-refractivity contribution in [2.24, 2.45) is 0 Å². The van der Waals surface area contributed by atoms with Crippen molar-refractivity contribution in [2.45, 2.75) is 25.4 Å². The highest BCUT2D eigenvalue weighted by atomic mass is 32.2. The fourth-order valence-corrected chi connectivity index (χ4v) is 4.98. The van der Waals surface area contributed by atoms with Crippen molar-refractivity contribution in [2.75, 3.05) is 25.1 Å². The van der Waals surface area contributed by atoms with E-state index in [1.54, 1.807) is 12.5 Å². The van der Waals surface area contributed by atoms with Crippen LogP contribution in [0.3, 0.4) is 0 Å². The Labute approximate surface area is 154 Å². The number of hydrogen-bond donors (Lipinski definition) is 1. The second-order valence-corrected chi connectivity index (χ2v) is 8.89. The molecule has 1 atom stereocenters. The third-order valence-corrected chi connectivity index (χ3v) is 6.52. The van der Waals surface area contributed by atoms with E-state index < -0.39 is 9.84 Å². The highest BCUT2D eigenvalue weighted by Crippen LogP contribution is 2.17. The number of rotatable bonds is 7. The maximum absolute atomic E-state index is 12.2. The van der Waals surface area contributed by atoms with Gasteiger partial charge in [-0.05, 0) is 25.1 Å². The molecule has 1 fully saturated rings. The fourth-order valence-electron chi connectivity index (χ4n) is 3.18. The summed E-state index contributed by atoms with van der Waals surface area (Å²) in [6, 6.07) is 7.87. The third kappa shape index (κ3) is 4.70. The largest absolute Gasteiger partial charge is 0.352 e. The van der Waals surface area contributed by atoms with E-state index >= 15 is 0 Å². The summed E-state index contributed by atoms with van der Waals surface area (Å²) in [7, 11) is -1.02. The van der Waals surface area contributed by atoms with E-state index in [1.807, 2.05) is 47.0 Å². The number of imidazole rings is 1. The minimum Gasteiger partial charge on any atom is -0.352 e. The molecule has 0 aliphatic carbocycles. The molecule has 1 saturated heterocycles. The van der Waals surface area contributed by atoms with Gasteiger partial charge in [-0.15, -0.1) is 0 Å². The maximum atomic E-state index is 12.2. The topological polar surface area (TPSA) is 84.3 Å². The van der Waals surface area contributed by atoms with Crippen LogP contribution in [-0.4, -0.2) is 59.9 Å². The number of nitrogens with zero attached hydrogens (tertiary/aromatic N) is 3. The van der Waals surface area contributed by atoms with Crippen LogP contribution in [0.4, 0.5) is 0 Å². The summed E-state index contributed by atoms with van der Waals surface area (Å²) < 4.78 is 25.0. The number of aromatic nitrogens is 2. The van der Waals surface area contributed by atoms with Crippen molar-refractivity contribution >= 4 is 15.7 Å². The molecule has 1 aromatic carbocycles. The molecule has 1 unspecified atom stereocenters. The van der Waals surface area contributed by atoms with Gasteiger partial charge >= 0.3 is 0 Å². The normalized spacial score (nSPS) is 18.9. The molecular formula is C18H24N4O3S. The van der Waals surface area contributed by atoms with Crippen molar-refractivity contribution in [3.8, 4) is 5.69 Å². The molecule has 0 radical (unpaired) electrons. The molecule has 7 nitrogen and oxygen atoms in total. The maximum Gasteiger partial charge on any atom is 0.221 e. The van der Waals surface area contributed by atoms with Crippen molar-refractivity contribution in [1.82, 2.24) is 19.8 Å². The number of sulfone groups is 1. The monoisotopic (exact) mass is 376 g/mol. The van der Waals surface area contributed by atoms with Crippen molar-refractivity contribution in [1.29, 1.82) is 0 Å². The Morgan fingerprint density at radius 1 is 1.38 bits per heavy atom. The quantitative estimate of drug-likeness (QED) is 0.779. The molecule has 140 valence electrons. The molecule has 1 N–H and O–H groups in total. The van der Waals surface area contributed by atoms with E-state index in [0.29, 0.717) is 25.9 Å². The standard InChI is InChI=1S/C18H24N4O3S/c1-21(16-7-11-26(24,25)13-16)9-6-18(23)20-12-15-4-2-3-5-17(15)22-10-8-19-14-22/h2-5,8,10,14,16H,6-7,9,11-13H2,1H3,(H,20,23). The van der Waals surface area contributed by atoms with Gasteiger partial charge in [-0.3, -0.25) is 4.79 Å². The second-order valence-electron chi connectivity index (χ2n) is 6.66. The Hall–Kier alpha value is -2.19. The van der Waals surface area contributed by atoms with Gasteiger partial charge < -0.3 is 14.8 Å². The van der Waals surface area contributed by atoms with E-state index in [9.17, 15) is 13.2 Å². The number of amides is 1. The summed E-state index contributed by atoms with van der Waals surface area (Å²) in [5, 5.41) is 2.95. The average molecular weight is 376 g/mol. The second kappa shape index (κ2) is 8.01. The zero-order chi connectivity index (χ0) is 18.6. The first-order valence-corrected chi connectivity index (χ1v) is 10.5. The highest BCUT2D eigenvalue weighted by molar-refractivity contribution is 7.91. The van der Waals surface area contributed by atoms with Gasteiger partial charge in [0.2, 0.25) is 5.91 Å². The molecule has 8 heteroatoms. The lowest BCUT2D eigenvalue weighted by Gasteiger charge is -2.22. The molecule has 0 saturated carbocycles. The summed E-state index contributed by atoms with van der Waals surface area (Å²) in [6.45, 7) is 0.990. The van der Waals surface area contributed by atoms with Gasteiger partial charge in [0, 0.05) is 37.9 Å². The molecule has 2 aromatic rings. The highest BCUT2D eigenvalue weighted by Gasteiger charge is 2.30. The van der Waals surface area contributed by atoms with E-state index in [-0.39, 0.29) is 23.5 Å². The molecule has 26 heavy (non-hydrogen) atoms. The molecule has 1 aliphatic rings. The van der Waals surface area contributed by atoms with Gasteiger partial charge in [0.15, 0.2) is 9.84 Å². The Morgan fingerprint density at radius 2 is 2.19 bits per heavy atom. The molecular weight excluding hydrogens is 352 g/mol. The van der Waals surface area contributed by atoms with Crippen LogP contribution in [0.25, 0.3) is 5.69 Å². The molecule has 2 heterocycles. The van der Waals surface area contributed by atoms with Crippen LogP contribution in [-0.2, 0) is 21.2 Å². The lowest BCUT2D eigenvalue weighted by molar-refractivity contribution is -0.121. The lowest BCUT2D eigenvalue weighted by Crippen LogP contribution is -2.36. The molecule has 3 rings (SSSR count). The fraction of sp³-hybridized carbons (Fsp3) is 0.444. The van der Waals surface area contributed by atoms with Crippen LogP contribution in [0.1, 0.15) is 18.4 Å². The minimum absolute atomic E-state index is 0.0229. The summed E-state index contributed by atoms with van der Waals surface area (Å²) in [5.41, 5.74) is 1.99. The molecule has 1 aromatic heterocycles. The summed E-state index contributed by atoms with van der Waals surface area (Å²) in [4.78, 5) is 18.2. The first kappa shape index (κ1) is 18.6. The zero-order valence-electron chi connectivity index (χ0n) is 14.8. The Morgan fingerprint density at radius 3 is 2.88 bits per heavy atom. The Bertz CT molecular complexity index is 849. The number of hydrogen-bond acceptors (Lipinski definition) is 5. The van der Waals surface area contributed by atoms with Crippen LogP contribution in [0.15, 0.2) is 43.0 Å². The van der Waals surface area contributed by atoms with E-state index in [0.717, 1.165) is 11.3 Å². The number of benzene rings is 1. The van der Waals surface area contributed by atoms with Crippen LogP contribution in [0.2, 0.25) is 0 Å². The Balaban J connectivity index is 1.49. The predicted octanol–water partition coefficient (Wildman–Crippen LogP) is 0.997. The zero-order valence-corrected chi connectivity index (χ0v) is 15.7. The van der Waals surface area contributed by atoms with Gasteiger partial charge in [0.05, 0.1) is 23.5 Å². The van der Waals surface area contributed by atoms with Gasteiger partial charge in [-0.2, -0.15) is 0 Å². The minimum atomic E-state index is -2.90. The van der Waals surface area contributed by atoms with Crippen LogP contribution < -0.4 is 5.32 Å². The molecule has 0 spiro atoms. The van der Waals surface area contributed by atoms with Crippen LogP contribution in [0, 0.1) is 0 Å². The molecule has 1 aliphatic heterocycles. The summed E-state index contributed by atoms with van der Waals surface area (Å²) in [6.07, 6.45) is 6.31. The van der Waals surface area contributed by atoms with E-state index in [2.05, 4.69) is 10.3 Å². The van der Waals surface area contributed by atoms with Gasteiger partial charge in [-0.25, -0.2) is 13.4 Å². The number of carbonyl (C=O) groups is 1. The van der Waals surface area contributed by atoms with Gasteiger partial charge in [0.1, 0.15) is 0 Å². The molecule has 0 bridgehead atoms. The lowest BCUT2D eigenvalue weighted by atomic mass is 10.1. The van der Waals surface area contributed by atoms with E-state index in [4.69, 9.17) is 0 Å². The number of carbonyl (C=O) groups excluding carboxylic acids is 1.